The molecule has 2 atom stereocenters. The number of halogens is 1. The fourth-order valence-corrected chi connectivity index (χ4v) is 2.75. The molecule has 0 N–H and O–H groups in total. The van der Waals surface area contributed by atoms with Gasteiger partial charge in [0.1, 0.15) is 18.5 Å². The van der Waals surface area contributed by atoms with Crippen molar-refractivity contribution in [1.82, 2.24) is 4.90 Å². The van der Waals surface area contributed by atoms with E-state index in [0.29, 0.717) is 0 Å². The summed E-state index contributed by atoms with van der Waals surface area (Å²) in [7, 11) is 1.92. The minimum absolute atomic E-state index is 0.189. The summed E-state index contributed by atoms with van der Waals surface area (Å²) in [5, 5.41) is 0. The third-order valence-corrected chi connectivity index (χ3v) is 4.46. The van der Waals surface area contributed by atoms with E-state index in [2.05, 4.69) is 12.1 Å². The molecule has 0 amide bonds. The molecular formula is C14H20FNOS. The zero-order valence-electron chi connectivity index (χ0n) is 11.3. The van der Waals surface area contributed by atoms with Crippen molar-refractivity contribution in [1.29, 1.82) is 0 Å². The van der Waals surface area contributed by atoms with Gasteiger partial charge in [-0.1, -0.05) is 12.1 Å². The van der Waals surface area contributed by atoms with E-state index in [1.165, 1.54) is 4.90 Å². The van der Waals surface area contributed by atoms with Crippen molar-refractivity contribution in [3.05, 3.63) is 29.8 Å². The predicted molar refractivity (Wildman–Crippen MR) is 73.7 cm³/mol. The molecule has 2 rings (SSSR count). The number of hydrogen-bond acceptors (Lipinski definition) is 3. The third kappa shape index (κ3) is 2.42. The average Bonchev–Trinajstić information content (AvgIpc) is 2.60. The van der Waals surface area contributed by atoms with Crippen LogP contribution in [0.5, 0.6) is 0 Å². The number of alkyl halides is 1. The molecule has 1 aliphatic heterocycles. The van der Waals surface area contributed by atoms with Crippen LogP contribution in [0.4, 0.5) is 4.39 Å². The summed E-state index contributed by atoms with van der Waals surface area (Å²) < 4.78 is 19.3. The SMILES string of the molecule is CSc1ccc(C2OC(C)(C)N(C)C2CF)cc1. The highest BCUT2D eigenvalue weighted by Gasteiger charge is 2.45. The van der Waals surface area contributed by atoms with Crippen LogP contribution in [0.1, 0.15) is 25.5 Å². The highest BCUT2D eigenvalue weighted by Crippen LogP contribution is 2.40. The summed E-state index contributed by atoms with van der Waals surface area (Å²) in [6, 6.07) is 7.98. The molecule has 0 spiro atoms. The van der Waals surface area contributed by atoms with Crippen LogP contribution >= 0.6 is 11.8 Å². The van der Waals surface area contributed by atoms with E-state index in [-0.39, 0.29) is 12.1 Å². The van der Waals surface area contributed by atoms with Gasteiger partial charge in [0.25, 0.3) is 0 Å². The van der Waals surface area contributed by atoms with Gasteiger partial charge in [-0.2, -0.15) is 0 Å². The molecule has 0 aromatic heterocycles. The lowest BCUT2D eigenvalue weighted by Gasteiger charge is -2.28. The van der Waals surface area contributed by atoms with Crippen LogP contribution in [0.25, 0.3) is 0 Å². The second-order valence-corrected chi connectivity index (χ2v) is 5.97. The van der Waals surface area contributed by atoms with Gasteiger partial charge >= 0.3 is 0 Å². The average molecular weight is 269 g/mol. The molecule has 1 aliphatic rings. The molecule has 4 heteroatoms. The maximum absolute atomic E-state index is 13.2. The number of likely N-dealkylation sites (N-methyl/N-ethyl adjacent to an activating group) is 1. The molecular weight excluding hydrogens is 249 g/mol. The smallest absolute Gasteiger partial charge is 0.117 e. The highest BCUT2D eigenvalue weighted by molar-refractivity contribution is 7.98. The van der Waals surface area contributed by atoms with Gasteiger partial charge in [-0.25, -0.2) is 4.39 Å². The second kappa shape index (κ2) is 5.19. The maximum Gasteiger partial charge on any atom is 0.117 e. The number of nitrogens with zero attached hydrogens (tertiary/aromatic N) is 1. The van der Waals surface area contributed by atoms with Gasteiger partial charge in [0.2, 0.25) is 0 Å². The molecule has 2 nitrogen and oxygen atoms in total. The van der Waals surface area contributed by atoms with E-state index in [9.17, 15) is 4.39 Å². The lowest BCUT2D eigenvalue weighted by molar-refractivity contribution is -0.0684. The van der Waals surface area contributed by atoms with Gasteiger partial charge in [-0.3, -0.25) is 4.90 Å². The number of benzene rings is 1. The lowest BCUT2D eigenvalue weighted by Crippen LogP contribution is -2.41. The normalized spacial score (nSPS) is 27.6. The Morgan fingerprint density at radius 1 is 1.33 bits per heavy atom. The number of rotatable bonds is 3. The van der Waals surface area contributed by atoms with Crippen molar-refractivity contribution in [2.75, 3.05) is 20.0 Å². The van der Waals surface area contributed by atoms with Crippen LogP contribution in [-0.4, -0.2) is 36.6 Å². The zero-order valence-corrected chi connectivity index (χ0v) is 12.1. The number of hydrogen-bond donors (Lipinski definition) is 0. The quantitative estimate of drug-likeness (QED) is 0.779. The lowest BCUT2D eigenvalue weighted by atomic mass is 10.0. The van der Waals surface area contributed by atoms with Crippen LogP contribution in [0.2, 0.25) is 0 Å². The van der Waals surface area contributed by atoms with Crippen molar-refractivity contribution >= 4 is 11.8 Å². The Hall–Kier alpha value is -0.580. The molecule has 0 bridgehead atoms. The van der Waals surface area contributed by atoms with E-state index in [1.54, 1.807) is 11.8 Å². The molecule has 2 unspecified atom stereocenters. The summed E-state index contributed by atoms with van der Waals surface area (Å²) >= 11 is 1.70. The van der Waals surface area contributed by atoms with E-state index < -0.39 is 12.4 Å². The Balaban J connectivity index is 2.26. The topological polar surface area (TPSA) is 12.5 Å². The predicted octanol–water partition coefficient (Wildman–Crippen LogP) is 3.49. The van der Waals surface area contributed by atoms with Crippen LogP contribution in [0.3, 0.4) is 0 Å². The van der Waals surface area contributed by atoms with Crippen molar-refractivity contribution < 1.29 is 9.13 Å². The third-order valence-electron chi connectivity index (χ3n) is 3.71. The first-order valence-corrected chi connectivity index (χ1v) is 7.32. The molecule has 1 heterocycles. The fraction of sp³-hybridized carbons (Fsp3) is 0.571. The zero-order chi connectivity index (χ0) is 13.3. The molecule has 0 aliphatic carbocycles. The largest absolute Gasteiger partial charge is 0.351 e. The van der Waals surface area contributed by atoms with Crippen LogP contribution in [0, 0.1) is 0 Å². The standard InChI is InChI=1S/C14H20FNOS/c1-14(2)16(3)12(9-15)13(17-14)10-5-7-11(18-4)8-6-10/h5-8,12-13H,9H2,1-4H3. The molecule has 1 saturated heterocycles. The minimum Gasteiger partial charge on any atom is -0.351 e. The number of thioether (sulfide) groups is 1. The van der Waals surface area contributed by atoms with Crippen LogP contribution in [-0.2, 0) is 4.74 Å². The van der Waals surface area contributed by atoms with Crippen molar-refractivity contribution in [3.63, 3.8) is 0 Å². The van der Waals surface area contributed by atoms with Crippen molar-refractivity contribution in [3.8, 4) is 0 Å². The molecule has 0 saturated carbocycles. The van der Waals surface area contributed by atoms with E-state index in [4.69, 9.17) is 4.74 Å². The molecule has 0 radical (unpaired) electrons. The Bertz CT molecular complexity index is 407. The first kappa shape index (κ1) is 13.8. The summed E-state index contributed by atoms with van der Waals surface area (Å²) in [5.41, 5.74) is 0.632. The van der Waals surface area contributed by atoms with E-state index >= 15 is 0 Å². The molecule has 18 heavy (non-hydrogen) atoms. The van der Waals surface area contributed by atoms with Gasteiger partial charge in [0.05, 0.1) is 6.04 Å². The van der Waals surface area contributed by atoms with Crippen LogP contribution in [0.15, 0.2) is 29.2 Å². The second-order valence-electron chi connectivity index (χ2n) is 5.09. The summed E-state index contributed by atoms with van der Waals surface area (Å²) in [6.45, 7) is 3.56. The Morgan fingerprint density at radius 3 is 2.44 bits per heavy atom. The Kier molecular flexibility index (Phi) is 3.99. The van der Waals surface area contributed by atoms with Gasteiger partial charge in [0.15, 0.2) is 0 Å². The molecule has 1 fully saturated rings. The van der Waals surface area contributed by atoms with Crippen molar-refractivity contribution in [2.24, 2.45) is 0 Å². The van der Waals surface area contributed by atoms with Crippen molar-refractivity contribution in [2.45, 2.75) is 36.6 Å². The van der Waals surface area contributed by atoms with E-state index in [0.717, 1.165) is 5.56 Å². The molecule has 100 valence electrons. The molecule has 1 aromatic carbocycles. The van der Waals surface area contributed by atoms with Gasteiger partial charge in [0, 0.05) is 4.90 Å². The van der Waals surface area contributed by atoms with Gasteiger partial charge in [-0.05, 0) is 44.8 Å². The maximum atomic E-state index is 13.2. The summed E-state index contributed by atoms with van der Waals surface area (Å²) in [4.78, 5) is 3.18. The first-order chi connectivity index (χ1) is 8.49. The van der Waals surface area contributed by atoms with Crippen LogP contribution < -0.4 is 0 Å². The van der Waals surface area contributed by atoms with E-state index in [1.807, 2.05) is 44.2 Å². The number of ether oxygens (including phenoxy) is 1. The highest BCUT2D eigenvalue weighted by atomic mass is 32.2. The van der Waals surface area contributed by atoms with Gasteiger partial charge < -0.3 is 4.74 Å². The first-order valence-electron chi connectivity index (χ1n) is 6.10. The monoisotopic (exact) mass is 269 g/mol. The Morgan fingerprint density at radius 2 is 1.94 bits per heavy atom. The minimum atomic E-state index is -0.417. The molecule has 1 aromatic rings. The Labute approximate surface area is 113 Å². The summed E-state index contributed by atoms with van der Waals surface area (Å²) in [5.74, 6) is 0. The fourth-order valence-electron chi connectivity index (χ4n) is 2.34. The summed E-state index contributed by atoms with van der Waals surface area (Å²) in [6.07, 6.45) is 1.86. The van der Waals surface area contributed by atoms with Gasteiger partial charge in [-0.15, -0.1) is 11.8 Å².